The van der Waals surface area contributed by atoms with E-state index in [-0.39, 0.29) is 58.8 Å². The highest BCUT2D eigenvalue weighted by molar-refractivity contribution is 6.11. The van der Waals surface area contributed by atoms with Crippen LogP contribution in [0.1, 0.15) is 109 Å². The largest absolute Gasteiger partial charge is 0.496 e. The minimum Gasteiger partial charge on any atom is -0.496 e. The van der Waals surface area contributed by atoms with E-state index >= 15 is 0 Å². The number of aromatic nitrogens is 1. The van der Waals surface area contributed by atoms with Gasteiger partial charge in [0.15, 0.2) is 5.69 Å². The maximum absolute atomic E-state index is 14.1. The number of hydrogen-bond acceptors (Lipinski definition) is 12. The number of unbranched alkanes of at least 4 members (excludes halogenated alkanes) is 3. The van der Waals surface area contributed by atoms with E-state index in [4.69, 9.17) is 30.1 Å². The molecule has 1 unspecified atom stereocenters. The molecule has 6 N–H and O–H groups in total. The van der Waals surface area contributed by atoms with Gasteiger partial charge >= 0.3 is 18.0 Å². The second-order valence-corrected chi connectivity index (χ2v) is 14.0. The van der Waals surface area contributed by atoms with Crippen LogP contribution in [0.4, 0.5) is 10.5 Å². The number of ether oxygens (including phenoxy) is 4. The Labute approximate surface area is 344 Å². The van der Waals surface area contributed by atoms with Crippen LogP contribution in [-0.4, -0.2) is 73.3 Å². The molecule has 3 amide bonds. The molecule has 16 heteroatoms. The van der Waals surface area contributed by atoms with E-state index in [2.05, 4.69) is 34.4 Å². The van der Waals surface area contributed by atoms with E-state index in [1.807, 2.05) is 0 Å². The number of amides is 3. The molecule has 4 rings (SSSR count). The Balaban J connectivity index is 0.00000900. The van der Waals surface area contributed by atoms with Crippen molar-refractivity contribution in [3.63, 3.8) is 0 Å². The summed E-state index contributed by atoms with van der Waals surface area (Å²) in [4.78, 5) is 70.1. The van der Waals surface area contributed by atoms with Gasteiger partial charge in [-0.3, -0.25) is 25.1 Å². The number of amidine groups is 1. The average Bonchev–Trinajstić information content (AvgIpc) is 4.03. The molecule has 2 aromatic carbocycles. The van der Waals surface area contributed by atoms with Crippen LogP contribution in [0.15, 0.2) is 55.1 Å². The SMILES string of the molecule is C=Cc1cc(C(=O)Nc2ccc(C(=N)NC(=O)OCCCCCC)cc2)c(-c2ccc(C(=O)NCC3CC3)nc2C(=O)OC(C)OC(=O)[C@@H](N)C(C)C)cc1OC.Cl. The molecule has 0 bridgehead atoms. The Hall–Kier alpha value is -5.80. The van der Waals surface area contributed by atoms with Gasteiger partial charge < -0.3 is 35.3 Å². The molecule has 2 atom stereocenters. The van der Waals surface area contributed by atoms with Crippen LogP contribution >= 0.6 is 12.4 Å². The Morgan fingerprint density at radius 1 is 0.966 bits per heavy atom. The molecule has 0 aliphatic heterocycles. The number of nitrogens with zero attached hydrogens (tertiary/aromatic N) is 1. The van der Waals surface area contributed by atoms with E-state index in [0.717, 1.165) is 38.5 Å². The zero-order valence-corrected chi connectivity index (χ0v) is 34.3. The zero-order chi connectivity index (χ0) is 41.6. The second-order valence-electron chi connectivity index (χ2n) is 14.0. The summed E-state index contributed by atoms with van der Waals surface area (Å²) in [5, 5.41) is 16.4. The van der Waals surface area contributed by atoms with Crippen molar-refractivity contribution >= 4 is 59.9 Å². The van der Waals surface area contributed by atoms with Crippen molar-refractivity contribution in [1.82, 2.24) is 15.6 Å². The van der Waals surface area contributed by atoms with Crippen molar-refractivity contribution in [2.24, 2.45) is 17.6 Å². The van der Waals surface area contributed by atoms with Gasteiger partial charge in [-0.2, -0.15) is 0 Å². The maximum atomic E-state index is 14.1. The molecule has 1 aliphatic rings. The number of carbonyl (C=O) groups is 5. The first kappa shape index (κ1) is 46.6. The minimum absolute atomic E-state index is 0. The van der Waals surface area contributed by atoms with Crippen LogP contribution in [-0.2, 0) is 19.0 Å². The lowest BCUT2D eigenvalue weighted by atomic mass is 9.94. The van der Waals surface area contributed by atoms with E-state index < -0.39 is 42.2 Å². The Morgan fingerprint density at radius 2 is 1.67 bits per heavy atom. The molecule has 0 spiro atoms. The van der Waals surface area contributed by atoms with Crippen LogP contribution in [0, 0.1) is 17.2 Å². The first-order chi connectivity index (χ1) is 27.3. The molecule has 58 heavy (non-hydrogen) atoms. The van der Waals surface area contributed by atoms with Crippen molar-refractivity contribution in [2.45, 2.75) is 78.6 Å². The number of halogens is 1. The lowest BCUT2D eigenvalue weighted by Gasteiger charge is -2.20. The molecular formula is C42H53ClN6O9. The van der Waals surface area contributed by atoms with Crippen LogP contribution in [0.25, 0.3) is 17.2 Å². The van der Waals surface area contributed by atoms with Crippen molar-refractivity contribution in [3.05, 3.63) is 83.2 Å². The molecule has 1 aliphatic carbocycles. The predicted molar refractivity (Wildman–Crippen MR) is 222 cm³/mol. The highest BCUT2D eigenvalue weighted by Crippen LogP contribution is 2.35. The van der Waals surface area contributed by atoms with Crippen LogP contribution < -0.4 is 26.4 Å². The standard InChI is InChI=1S/C42H52N6O9.ClH/c1-7-9-10-11-20-55-42(53)48-37(44)28-14-16-29(17-15-28)46-38(49)32-21-27(8-2)34(54-6)22-31(32)30-18-19-33(39(50)45-23-26-12-13-26)47-36(30)41(52)57-25(5)56-40(51)35(43)24(3)4;/h8,14-19,21-22,24-26,35H,2,7,9-13,20,23,43H2,1,3-6H3,(H,45,50)(H,46,49)(H2,44,48,53);1H/t25?,35-;/m0./s1. The molecular weight excluding hydrogens is 768 g/mol. The molecule has 1 saturated carbocycles. The van der Waals surface area contributed by atoms with Gasteiger partial charge in [0.25, 0.3) is 11.8 Å². The number of nitrogens with one attached hydrogen (secondary N) is 4. The van der Waals surface area contributed by atoms with Crippen molar-refractivity contribution in [3.8, 4) is 16.9 Å². The van der Waals surface area contributed by atoms with E-state index in [1.54, 1.807) is 38.1 Å². The molecule has 0 radical (unpaired) electrons. The number of carbonyl (C=O) groups excluding carboxylic acids is 5. The van der Waals surface area contributed by atoms with Gasteiger partial charge in [0, 0.05) is 47.0 Å². The zero-order valence-electron chi connectivity index (χ0n) is 33.5. The number of hydrogen-bond donors (Lipinski definition) is 5. The third-order valence-corrected chi connectivity index (χ3v) is 9.13. The fourth-order valence-electron chi connectivity index (χ4n) is 5.52. The topological polar surface area (TPSA) is 221 Å². The minimum atomic E-state index is -1.38. The average molecular weight is 821 g/mol. The number of pyridine rings is 1. The second kappa shape index (κ2) is 22.2. The number of benzene rings is 2. The van der Waals surface area contributed by atoms with Gasteiger partial charge in [-0.25, -0.2) is 14.6 Å². The first-order valence-corrected chi connectivity index (χ1v) is 19.0. The van der Waals surface area contributed by atoms with Gasteiger partial charge in [-0.15, -0.1) is 12.4 Å². The smallest absolute Gasteiger partial charge is 0.412 e. The molecule has 1 heterocycles. The summed E-state index contributed by atoms with van der Waals surface area (Å²) in [6.07, 6.45) is 5.21. The number of nitrogens with two attached hydrogens (primary N) is 1. The summed E-state index contributed by atoms with van der Waals surface area (Å²) >= 11 is 0. The van der Waals surface area contributed by atoms with Gasteiger partial charge in [0.05, 0.1) is 13.7 Å². The number of anilines is 1. The third kappa shape index (κ3) is 13.1. The van der Waals surface area contributed by atoms with E-state index in [1.165, 1.54) is 44.4 Å². The molecule has 1 aromatic heterocycles. The maximum Gasteiger partial charge on any atom is 0.412 e. The van der Waals surface area contributed by atoms with Gasteiger partial charge in [0.1, 0.15) is 23.3 Å². The number of alkyl carbamates (subject to hydrolysis) is 1. The predicted octanol–water partition coefficient (Wildman–Crippen LogP) is 6.88. The fraction of sp³-hybridized carbons (Fsp3) is 0.405. The highest BCUT2D eigenvalue weighted by Gasteiger charge is 2.29. The number of methoxy groups -OCH3 is 1. The van der Waals surface area contributed by atoms with E-state index in [9.17, 15) is 24.0 Å². The summed E-state index contributed by atoms with van der Waals surface area (Å²) in [5.74, 6) is -2.62. The lowest BCUT2D eigenvalue weighted by Crippen LogP contribution is -2.39. The fourth-order valence-corrected chi connectivity index (χ4v) is 5.52. The summed E-state index contributed by atoms with van der Waals surface area (Å²) < 4.78 is 21.5. The Bertz CT molecular complexity index is 1970. The van der Waals surface area contributed by atoms with Crippen molar-refractivity contribution < 1.29 is 42.9 Å². The number of esters is 2. The van der Waals surface area contributed by atoms with Crippen LogP contribution in [0.5, 0.6) is 5.75 Å². The third-order valence-electron chi connectivity index (χ3n) is 9.13. The summed E-state index contributed by atoms with van der Waals surface area (Å²) in [6, 6.07) is 11.2. The van der Waals surface area contributed by atoms with Crippen molar-refractivity contribution in [1.29, 1.82) is 5.41 Å². The highest BCUT2D eigenvalue weighted by atomic mass is 35.5. The Kier molecular flexibility index (Phi) is 17.8. The summed E-state index contributed by atoms with van der Waals surface area (Å²) in [6.45, 7) is 11.5. The quantitative estimate of drug-likeness (QED) is 0.0276. The van der Waals surface area contributed by atoms with Crippen LogP contribution in [0.2, 0.25) is 0 Å². The van der Waals surface area contributed by atoms with Crippen LogP contribution in [0.3, 0.4) is 0 Å². The van der Waals surface area contributed by atoms with E-state index in [0.29, 0.717) is 35.0 Å². The van der Waals surface area contributed by atoms with Gasteiger partial charge in [-0.05, 0) is 79.6 Å². The van der Waals surface area contributed by atoms with Gasteiger partial charge in [0.2, 0.25) is 6.29 Å². The molecule has 1 fully saturated rings. The summed E-state index contributed by atoms with van der Waals surface area (Å²) in [5.41, 5.74) is 7.09. The normalized spacial score (nSPS) is 12.9. The first-order valence-electron chi connectivity index (χ1n) is 19.0. The molecule has 15 nitrogen and oxygen atoms in total. The van der Waals surface area contributed by atoms with Crippen molar-refractivity contribution in [2.75, 3.05) is 25.6 Å². The van der Waals surface area contributed by atoms with Gasteiger partial charge in [-0.1, -0.05) is 52.7 Å². The molecule has 0 saturated heterocycles. The summed E-state index contributed by atoms with van der Waals surface area (Å²) in [7, 11) is 1.44. The molecule has 3 aromatic rings. The molecule has 312 valence electrons. The number of rotatable bonds is 19. The lowest BCUT2D eigenvalue weighted by molar-refractivity contribution is -0.168. The Morgan fingerprint density at radius 3 is 2.29 bits per heavy atom. The monoisotopic (exact) mass is 820 g/mol.